The number of hydrogen-bond acceptors (Lipinski definition) is 2. The number of aliphatic hydroxyl groups excluding tert-OH is 1. The van der Waals surface area contributed by atoms with E-state index in [1.54, 1.807) is 7.11 Å². The Bertz CT molecular complexity index is 555. The second-order valence-electron chi connectivity index (χ2n) is 3.85. The van der Waals surface area contributed by atoms with Crippen molar-refractivity contribution < 1.29 is 9.84 Å². The molecular weight excluding hydrogens is 360 g/mol. The SMILES string of the molecule is COc1ccc(C(O)c2cccc(Br)c2)cc1Br. The van der Waals surface area contributed by atoms with Gasteiger partial charge in [0.25, 0.3) is 0 Å². The van der Waals surface area contributed by atoms with E-state index >= 15 is 0 Å². The molecule has 0 spiro atoms. The van der Waals surface area contributed by atoms with Gasteiger partial charge in [-0.1, -0.05) is 34.1 Å². The van der Waals surface area contributed by atoms with Crippen molar-refractivity contribution >= 4 is 31.9 Å². The molecule has 0 aromatic heterocycles. The van der Waals surface area contributed by atoms with E-state index in [1.165, 1.54) is 0 Å². The van der Waals surface area contributed by atoms with E-state index in [9.17, 15) is 5.11 Å². The molecule has 0 bridgehead atoms. The van der Waals surface area contributed by atoms with Crippen molar-refractivity contribution in [2.24, 2.45) is 0 Å². The third-order valence-electron chi connectivity index (χ3n) is 2.66. The zero-order chi connectivity index (χ0) is 13.1. The van der Waals surface area contributed by atoms with E-state index < -0.39 is 6.10 Å². The highest BCUT2D eigenvalue weighted by atomic mass is 79.9. The first-order valence-electron chi connectivity index (χ1n) is 5.39. The molecule has 1 N–H and O–H groups in total. The molecule has 0 saturated carbocycles. The van der Waals surface area contributed by atoms with E-state index in [0.29, 0.717) is 0 Å². The molecule has 0 fully saturated rings. The van der Waals surface area contributed by atoms with E-state index in [2.05, 4.69) is 31.9 Å². The van der Waals surface area contributed by atoms with Crippen LogP contribution in [-0.2, 0) is 0 Å². The first-order chi connectivity index (χ1) is 8.61. The molecule has 2 rings (SSSR count). The lowest BCUT2D eigenvalue weighted by Crippen LogP contribution is -2.00. The van der Waals surface area contributed by atoms with E-state index in [-0.39, 0.29) is 0 Å². The van der Waals surface area contributed by atoms with Crippen molar-refractivity contribution in [3.8, 4) is 5.75 Å². The summed E-state index contributed by atoms with van der Waals surface area (Å²) >= 11 is 6.82. The van der Waals surface area contributed by atoms with Crippen LogP contribution in [0.1, 0.15) is 17.2 Å². The van der Waals surface area contributed by atoms with Gasteiger partial charge in [-0.25, -0.2) is 0 Å². The van der Waals surface area contributed by atoms with Crippen LogP contribution in [0.5, 0.6) is 5.75 Å². The Kier molecular flexibility index (Phi) is 4.43. The lowest BCUT2D eigenvalue weighted by Gasteiger charge is -2.13. The fraction of sp³-hybridized carbons (Fsp3) is 0.143. The van der Waals surface area contributed by atoms with Gasteiger partial charge >= 0.3 is 0 Å². The molecule has 1 atom stereocenters. The highest BCUT2D eigenvalue weighted by molar-refractivity contribution is 9.10. The van der Waals surface area contributed by atoms with E-state index in [0.717, 1.165) is 25.8 Å². The molecular formula is C14H12Br2O2. The van der Waals surface area contributed by atoms with Gasteiger partial charge in [0.05, 0.1) is 11.6 Å². The first kappa shape index (κ1) is 13.6. The summed E-state index contributed by atoms with van der Waals surface area (Å²) in [5.74, 6) is 0.750. The van der Waals surface area contributed by atoms with Gasteiger partial charge in [0, 0.05) is 4.47 Å². The van der Waals surface area contributed by atoms with Crippen molar-refractivity contribution in [1.82, 2.24) is 0 Å². The maximum atomic E-state index is 10.3. The molecule has 0 radical (unpaired) electrons. The average molecular weight is 372 g/mol. The summed E-state index contributed by atoms with van der Waals surface area (Å²) in [5, 5.41) is 10.3. The minimum absolute atomic E-state index is 0.648. The Hall–Kier alpha value is -0.840. The van der Waals surface area contributed by atoms with Crippen LogP contribution >= 0.6 is 31.9 Å². The van der Waals surface area contributed by atoms with Crippen molar-refractivity contribution in [2.45, 2.75) is 6.10 Å². The Morgan fingerprint density at radius 1 is 1.06 bits per heavy atom. The standard InChI is InChI=1S/C14H12Br2O2/c1-18-13-6-5-10(8-12(13)16)14(17)9-3-2-4-11(15)7-9/h2-8,14,17H,1H3. The zero-order valence-electron chi connectivity index (χ0n) is 9.73. The van der Waals surface area contributed by atoms with Crippen LogP contribution in [-0.4, -0.2) is 12.2 Å². The maximum absolute atomic E-state index is 10.3. The number of methoxy groups -OCH3 is 1. The topological polar surface area (TPSA) is 29.5 Å². The van der Waals surface area contributed by atoms with Crippen molar-refractivity contribution in [3.05, 3.63) is 62.5 Å². The second-order valence-corrected chi connectivity index (χ2v) is 5.62. The number of halogens is 2. The highest BCUT2D eigenvalue weighted by Gasteiger charge is 2.12. The smallest absolute Gasteiger partial charge is 0.133 e. The Balaban J connectivity index is 2.34. The van der Waals surface area contributed by atoms with Crippen molar-refractivity contribution in [3.63, 3.8) is 0 Å². The third-order valence-corrected chi connectivity index (χ3v) is 3.77. The van der Waals surface area contributed by atoms with Crippen LogP contribution in [0, 0.1) is 0 Å². The van der Waals surface area contributed by atoms with Gasteiger partial charge in [-0.3, -0.25) is 0 Å². The van der Waals surface area contributed by atoms with Gasteiger partial charge in [-0.2, -0.15) is 0 Å². The van der Waals surface area contributed by atoms with Gasteiger partial charge in [-0.05, 0) is 51.3 Å². The molecule has 2 aromatic carbocycles. The normalized spacial score (nSPS) is 12.2. The molecule has 4 heteroatoms. The van der Waals surface area contributed by atoms with Crippen LogP contribution in [0.4, 0.5) is 0 Å². The molecule has 2 aromatic rings. The van der Waals surface area contributed by atoms with Gasteiger partial charge < -0.3 is 9.84 Å². The van der Waals surface area contributed by atoms with Crippen LogP contribution in [0.25, 0.3) is 0 Å². The molecule has 94 valence electrons. The van der Waals surface area contributed by atoms with Crippen LogP contribution < -0.4 is 4.74 Å². The summed E-state index contributed by atoms with van der Waals surface area (Å²) in [6.45, 7) is 0. The largest absolute Gasteiger partial charge is 0.496 e. The Labute approximate surface area is 123 Å². The molecule has 0 saturated heterocycles. The number of benzene rings is 2. The average Bonchev–Trinajstić information content (AvgIpc) is 2.37. The minimum atomic E-state index is -0.648. The molecule has 0 aliphatic heterocycles. The molecule has 2 nitrogen and oxygen atoms in total. The number of hydrogen-bond donors (Lipinski definition) is 1. The summed E-state index contributed by atoms with van der Waals surface area (Å²) in [5.41, 5.74) is 1.67. The predicted molar refractivity (Wildman–Crippen MR) is 78.9 cm³/mol. The third kappa shape index (κ3) is 2.94. The minimum Gasteiger partial charge on any atom is -0.496 e. The molecule has 0 amide bonds. The van der Waals surface area contributed by atoms with Crippen molar-refractivity contribution in [2.75, 3.05) is 7.11 Å². The van der Waals surface area contributed by atoms with Crippen LogP contribution in [0.2, 0.25) is 0 Å². The van der Waals surface area contributed by atoms with E-state index in [1.807, 2.05) is 42.5 Å². The zero-order valence-corrected chi connectivity index (χ0v) is 12.9. The van der Waals surface area contributed by atoms with Crippen LogP contribution in [0.3, 0.4) is 0 Å². The van der Waals surface area contributed by atoms with E-state index in [4.69, 9.17) is 4.74 Å². The first-order valence-corrected chi connectivity index (χ1v) is 6.97. The number of ether oxygens (including phenoxy) is 1. The molecule has 0 aliphatic carbocycles. The molecule has 0 aliphatic rings. The van der Waals surface area contributed by atoms with Crippen molar-refractivity contribution in [1.29, 1.82) is 0 Å². The van der Waals surface area contributed by atoms with Gasteiger partial charge in [0.15, 0.2) is 0 Å². The summed E-state index contributed by atoms with van der Waals surface area (Å²) < 4.78 is 6.95. The van der Waals surface area contributed by atoms with Gasteiger partial charge in [0.1, 0.15) is 11.9 Å². The quantitative estimate of drug-likeness (QED) is 0.871. The number of aliphatic hydroxyl groups is 1. The summed E-state index contributed by atoms with van der Waals surface area (Å²) in [4.78, 5) is 0. The summed E-state index contributed by atoms with van der Waals surface area (Å²) in [6, 6.07) is 13.2. The fourth-order valence-corrected chi connectivity index (χ4v) is 2.70. The molecule has 18 heavy (non-hydrogen) atoms. The summed E-state index contributed by atoms with van der Waals surface area (Å²) in [7, 11) is 1.62. The van der Waals surface area contributed by atoms with Crippen LogP contribution in [0.15, 0.2) is 51.4 Å². The summed E-state index contributed by atoms with van der Waals surface area (Å²) in [6.07, 6.45) is -0.648. The lowest BCUT2D eigenvalue weighted by atomic mass is 10.0. The molecule has 1 unspecified atom stereocenters. The lowest BCUT2D eigenvalue weighted by molar-refractivity contribution is 0.220. The fourth-order valence-electron chi connectivity index (χ4n) is 1.72. The highest BCUT2D eigenvalue weighted by Crippen LogP contribution is 2.31. The number of rotatable bonds is 3. The Morgan fingerprint density at radius 2 is 1.78 bits per heavy atom. The monoisotopic (exact) mass is 370 g/mol. The predicted octanol–water partition coefficient (Wildman–Crippen LogP) is 4.30. The molecule has 0 heterocycles. The Morgan fingerprint density at radius 3 is 2.39 bits per heavy atom. The maximum Gasteiger partial charge on any atom is 0.133 e. The van der Waals surface area contributed by atoms with Gasteiger partial charge in [0.2, 0.25) is 0 Å². The van der Waals surface area contributed by atoms with Gasteiger partial charge in [-0.15, -0.1) is 0 Å². The second kappa shape index (κ2) is 5.87.